The van der Waals surface area contributed by atoms with Crippen molar-refractivity contribution in [3.63, 3.8) is 0 Å². The Morgan fingerprint density at radius 2 is 2.00 bits per heavy atom. The molecule has 2 aliphatic heterocycles. The number of carbonyl (C=O) groups is 2. The highest BCUT2D eigenvalue weighted by molar-refractivity contribution is 5.79. The van der Waals surface area contributed by atoms with E-state index in [2.05, 4.69) is 5.32 Å². The lowest BCUT2D eigenvalue weighted by Crippen LogP contribution is -2.50. The minimum Gasteiger partial charge on any atom is -0.342 e. The Labute approximate surface area is 120 Å². The van der Waals surface area contributed by atoms with E-state index in [1.54, 1.807) is 0 Å². The summed E-state index contributed by atoms with van der Waals surface area (Å²) in [6, 6.07) is 0.314. The molecule has 0 radical (unpaired) electrons. The number of hydrogen-bond acceptors (Lipinski definition) is 3. The van der Waals surface area contributed by atoms with Crippen molar-refractivity contribution in [1.29, 1.82) is 0 Å². The number of amides is 3. The van der Waals surface area contributed by atoms with Crippen molar-refractivity contribution < 1.29 is 9.59 Å². The average molecular weight is 282 g/mol. The molecule has 1 unspecified atom stereocenters. The van der Waals surface area contributed by atoms with Crippen molar-refractivity contribution in [2.75, 3.05) is 32.7 Å². The number of nitrogens with zero attached hydrogens (tertiary/aromatic N) is 2. The van der Waals surface area contributed by atoms with Gasteiger partial charge in [-0.25, -0.2) is 4.79 Å². The van der Waals surface area contributed by atoms with Gasteiger partial charge < -0.3 is 20.9 Å². The Bertz CT molecular complexity index is 364. The van der Waals surface area contributed by atoms with E-state index >= 15 is 0 Å². The smallest absolute Gasteiger partial charge is 0.317 e. The number of rotatable bonds is 4. The van der Waals surface area contributed by atoms with Crippen LogP contribution in [0.2, 0.25) is 0 Å². The van der Waals surface area contributed by atoms with Gasteiger partial charge in [0.15, 0.2) is 0 Å². The molecule has 2 heterocycles. The molecule has 114 valence electrons. The molecule has 0 saturated carbocycles. The van der Waals surface area contributed by atoms with Crippen LogP contribution in [0.1, 0.15) is 26.7 Å². The molecular formula is C14H26N4O2. The quantitative estimate of drug-likeness (QED) is 0.775. The zero-order valence-electron chi connectivity index (χ0n) is 12.5. The molecule has 6 nitrogen and oxygen atoms in total. The second-order valence-corrected chi connectivity index (χ2v) is 6.07. The molecule has 2 aliphatic rings. The Morgan fingerprint density at radius 3 is 2.45 bits per heavy atom. The van der Waals surface area contributed by atoms with E-state index in [4.69, 9.17) is 5.73 Å². The van der Waals surface area contributed by atoms with E-state index in [0.717, 1.165) is 39.0 Å². The molecule has 0 spiro atoms. The van der Waals surface area contributed by atoms with E-state index in [-0.39, 0.29) is 29.8 Å². The molecule has 2 rings (SSSR count). The van der Waals surface area contributed by atoms with Crippen LogP contribution in [0.25, 0.3) is 0 Å². The first-order valence-electron chi connectivity index (χ1n) is 7.58. The fraction of sp³-hybridized carbons (Fsp3) is 0.857. The van der Waals surface area contributed by atoms with Crippen molar-refractivity contribution in [2.24, 2.45) is 17.6 Å². The summed E-state index contributed by atoms with van der Waals surface area (Å²) < 4.78 is 0. The molecule has 6 heteroatoms. The van der Waals surface area contributed by atoms with Gasteiger partial charge in [-0.1, -0.05) is 13.8 Å². The minimum absolute atomic E-state index is 0.0387. The van der Waals surface area contributed by atoms with E-state index in [1.807, 2.05) is 23.6 Å². The second-order valence-electron chi connectivity index (χ2n) is 6.07. The Hall–Kier alpha value is -1.30. The number of hydrogen-bond donors (Lipinski definition) is 2. The van der Waals surface area contributed by atoms with Gasteiger partial charge in [0.1, 0.15) is 0 Å². The largest absolute Gasteiger partial charge is 0.342 e. The highest BCUT2D eigenvalue weighted by Crippen LogP contribution is 2.21. The number of piperidine rings is 1. The van der Waals surface area contributed by atoms with Crippen LogP contribution in [-0.4, -0.2) is 60.5 Å². The van der Waals surface area contributed by atoms with Crippen LogP contribution in [0.3, 0.4) is 0 Å². The summed E-state index contributed by atoms with van der Waals surface area (Å²) in [4.78, 5) is 27.9. The van der Waals surface area contributed by atoms with Gasteiger partial charge in [-0.05, 0) is 18.8 Å². The summed E-state index contributed by atoms with van der Waals surface area (Å²) in [7, 11) is 0. The zero-order chi connectivity index (χ0) is 14.7. The number of carbonyl (C=O) groups excluding carboxylic acids is 2. The molecule has 3 N–H and O–H groups in total. The maximum absolute atomic E-state index is 12.4. The standard InChI is InChI=1S/C14H26N4O2/c1-10(2)12(9-15)13(19)17-6-3-11(4-7-17)18-8-5-16-14(18)20/h10-12H,3-9,15H2,1-2H3,(H,16,20). The van der Waals surface area contributed by atoms with Crippen molar-refractivity contribution in [3.8, 4) is 0 Å². The van der Waals surface area contributed by atoms with Crippen LogP contribution < -0.4 is 11.1 Å². The van der Waals surface area contributed by atoms with Gasteiger partial charge >= 0.3 is 6.03 Å². The summed E-state index contributed by atoms with van der Waals surface area (Å²) in [5, 5.41) is 2.83. The number of likely N-dealkylation sites (tertiary alicyclic amines) is 1. The van der Waals surface area contributed by atoms with Gasteiger partial charge in [-0.3, -0.25) is 4.79 Å². The van der Waals surface area contributed by atoms with Crippen LogP contribution in [0, 0.1) is 11.8 Å². The molecule has 0 aromatic rings. The van der Waals surface area contributed by atoms with Crippen LogP contribution >= 0.6 is 0 Å². The lowest BCUT2D eigenvalue weighted by atomic mass is 9.93. The van der Waals surface area contributed by atoms with Crippen molar-refractivity contribution >= 4 is 11.9 Å². The van der Waals surface area contributed by atoms with Gasteiger partial charge in [-0.15, -0.1) is 0 Å². The SMILES string of the molecule is CC(C)C(CN)C(=O)N1CCC(N2CCNC2=O)CC1. The number of nitrogens with two attached hydrogens (primary N) is 1. The third-order valence-corrected chi connectivity index (χ3v) is 4.48. The van der Waals surface area contributed by atoms with Crippen molar-refractivity contribution in [3.05, 3.63) is 0 Å². The van der Waals surface area contributed by atoms with Crippen molar-refractivity contribution in [2.45, 2.75) is 32.7 Å². The van der Waals surface area contributed by atoms with E-state index in [0.29, 0.717) is 6.54 Å². The summed E-state index contributed by atoms with van der Waals surface area (Å²) in [5.41, 5.74) is 5.72. The van der Waals surface area contributed by atoms with Gasteiger partial charge in [0.05, 0.1) is 5.92 Å². The first-order valence-corrected chi connectivity index (χ1v) is 7.58. The Morgan fingerprint density at radius 1 is 1.35 bits per heavy atom. The molecule has 2 fully saturated rings. The van der Waals surface area contributed by atoms with Crippen molar-refractivity contribution in [1.82, 2.24) is 15.1 Å². The predicted octanol–water partition coefficient (Wildman–Crippen LogP) is 0.234. The molecular weight excluding hydrogens is 256 g/mol. The van der Waals surface area contributed by atoms with E-state index < -0.39 is 0 Å². The molecule has 0 aliphatic carbocycles. The molecule has 1 atom stereocenters. The Kier molecular flexibility index (Phi) is 4.86. The van der Waals surface area contributed by atoms with Gasteiger partial charge in [0.2, 0.25) is 5.91 Å². The third-order valence-electron chi connectivity index (χ3n) is 4.48. The molecule has 0 aromatic heterocycles. The first kappa shape index (κ1) is 15.1. The van der Waals surface area contributed by atoms with E-state index in [9.17, 15) is 9.59 Å². The normalized spacial score (nSPS) is 22.3. The minimum atomic E-state index is -0.0818. The summed E-state index contributed by atoms with van der Waals surface area (Å²) in [5.74, 6) is 0.364. The van der Waals surface area contributed by atoms with Crippen LogP contribution in [0.15, 0.2) is 0 Å². The van der Waals surface area contributed by atoms with Crippen LogP contribution in [-0.2, 0) is 4.79 Å². The summed E-state index contributed by atoms with van der Waals surface area (Å²) in [6.07, 6.45) is 1.74. The molecule has 20 heavy (non-hydrogen) atoms. The topological polar surface area (TPSA) is 78.7 Å². The van der Waals surface area contributed by atoms with Gasteiger partial charge in [-0.2, -0.15) is 0 Å². The van der Waals surface area contributed by atoms with Crippen LogP contribution in [0.4, 0.5) is 4.79 Å². The lowest BCUT2D eigenvalue weighted by Gasteiger charge is -2.38. The fourth-order valence-corrected chi connectivity index (χ4v) is 3.13. The average Bonchev–Trinajstić information content (AvgIpc) is 2.85. The molecule has 3 amide bonds. The third kappa shape index (κ3) is 3.06. The fourth-order valence-electron chi connectivity index (χ4n) is 3.13. The first-order chi connectivity index (χ1) is 9.54. The Balaban J connectivity index is 1.87. The molecule has 0 bridgehead atoms. The van der Waals surface area contributed by atoms with Crippen LogP contribution in [0.5, 0.6) is 0 Å². The molecule has 2 saturated heterocycles. The number of nitrogens with one attached hydrogen (secondary N) is 1. The highest BCUT2D eigenvalue weighted by Gasteiger charge is 2.33. The second kappa shape index (κ2) is 6.43. The highest BCUT2D eigenvalue weighted by atomic mass is 16.2. The summed E-state index contributed by atoms with van der Waals surface area (Å²) in [6.45, 7) is 7.47. The number of urea groups is 1. The predicted molar refractivity (Wildman–Crippen MR) is 77.1 cm³/mol. The maximum atomic E-state index is 12.4. The molecule has 0 aromatic carbocycles. The zero-order valence-corrected chi connectivity index (χ0v) is 12.5. The van der Waals surface area contributed by atoms with E-state index in [1.165, 1.54) is 0 Å². The monoisotopic (exact) mass is 282 g/mol. The maximum Gasteiger partial charge on any atom is 0.317 e. The lowest BCUT2D eigenvalue weighted by molar-refractivity contribution is -0.138. The van der Waals surface area contributed by atoms with Gasteiger partial charge in [0.25, 0.3) is 0 Å². The van der Waals surface area contributed by atoms with Gasteiger partial charge in [0, 0.05) is 38.8 Å². The summed E-state index contributed by atoms with van der Waals surface area (Å²) >= 11 is 0.